The second-order valence-electron chi connectivity index (χ2n) is 3.85. The van der Waals surface area contributed by atoms with Crippen LogP contribution in [-0.4, -0.2) is 22.6 Å². The number of halogens is 3. The molecule has 5 nitrogen and oxygen atoms in total. The van der Waals surface area contributed by atoms with Gasteiger partial charge < -0.3 is 14.4 Å². The van der Waals surface area contributed by atoms with Crippen molar-refractivity contribution in [3.63, 3.8) is 0 Å². The van der Waals surface area contributed by atoms with Gasteiger partial charge in [0, 0.05) is 12.5 Å². The molecule has 0 aliphatic rings. The summed E-state index contributed by atoms with van der Waals surface area (Å²) in [6, 6.07) is 6.42. The van der Waals surface area contributed by atoms with Gasteiger partial charge in [-0.05, 0) is 17.7 Å². The fraction of sp³-hybridized carbons (Fsp3) is 0.167. The molecule has 0 spiro atoms. The Hall–Kier alpha value is -2.51. The Morgan fingerprint density at radius 2 is 1.95 bits per heavy atom. The third kappa shape index (κ3) is 3.74. The lowest BCUT2D eigenvalue weighted by Gasteiger charge is -2.08. The number of carbonyl (C=O) groups is 1. The van der Waals surface area contributed by atoms with Crippen molar-refractivity contribution in [3.05, 3.63) is 47.3 Å². The summed E-state index contributed by atoms with van der Waals surface area (Å²) < 4.78 is 44.4. The summed E-state index contributed by atoms with van der Waals surface area (Å²) in [5.74, 6) is -1.24. The first kappa shape index (κ1) is 13.9. The van der Waals surface area contributed by atoms with E-state index in [-0.39, 0.29) is 17.9 Å². The summed E-state index contributed by atoms with van der Waals surface area (Å²) >= 11 is 0. The van der Waals surface area contributed by atoms with E-state index >= 15 is 0 Å². The quantitative estimate of drug-likeness (QED) is 0.936. The summed E-state index contributed by atoms with van der Waals surface area (Å²) in [6.07, 6.45) is -4.52. The molecule has 0 aliphatic heterocycles. The van der Waals surface area contributed by atoms with Crippen LogP contribution in [0.1, 0.15) is 21.8 Å². The highest BCUT2D eigenvalue weighted by Crippen LogP contribution is 2.23. The Labute approximate surface area is 110 Å². The Bertz CT molecular complexity index is 604. The van der Waals surface area contributed by atoms with Crippen LogP contribution >= 0.6 is 0 Å². The average Bonchev–Trinajstić information content (AvgIpc) is 2.78. The van der Waals surface area contributed by atoms with Crippen LogP contribution in [-0.2, 0) is 6.42 Å². The molecule has 0 unspecified atom stereocenters. The van der Waals surface area contributed by atoms with E-state index in [1.54, 1.807) is 0 Å². The molecule has 8 heteroatoms. The van der Waals surface area contributed by atoms with E-state index in [0.29, 0.717) is 11.3 Å². The molecule has 0 aliphatic carbocycles. The summed E-state index contributed by atoms with van der Waals surface area (Å²) in [5, 5.41) is 12.0. The normalized spacial score (nSPS) is 11.3. The first-order chi connectivity index (χ1) is 9.33. The highest BCUT2D eigenvalue weighted by molar-refractivity contribution is 5.85. The molecular weight excluding hydrogens is 279 g/mol. The minimum Gasteiger partial charge on any atom is -0.476 e. The number of alkyl halides is 3. The molecular formula is C12H8F3NO4. The van der Waals surface area contributed by atoms with Crippen LogP contribution < -0.4 is 4.74 Å². The van der Waals surface area contributed by atoms with Crippen LogP contribution in [0.2, 0.25) is 0 Å². The predicted molar refractivity (Wildman–Crippen MR) is 59.4 cm³/mol. The summed E-state index contributed by atoms with van der Waals surface area (Å²) in [4.78, 5) is 10.6. The molecule has 0 amide bonds. The Morgan fingerprint density at radius 3 is 2.45 bits per heavy atom. The zero-order valence-electron chi connectivity index (χ0n) is 9.85. The van der Waals surface area contributed by atoms with Crippen molar-refractivity contribution >= 4 is 5.97 Å². The smallest absolute Gasteiger partial charge is 0.476 e. The van der Waals surface area contributed by atoms with Crippen LogP contribution in [0.15, 0.2) is 34.9 Å². The Kier molecular flexibility index (Phi) is 3.64. The molecule has 0 fully saturated rings. The van der Waals surface area contributed by atoms with Gasteiger partial charge in [0.2, 0.25) is 0 Å². The number of benzene rings is 1. The summed E-state index contributed by atoms with van der Waals surface area (Å²) in [6.45, 7) is 0. The highest BCUT2D eigenvalue weighted by atomic mass is 19.4. The third-order valence-corrected chi connectivity index (χ3v) is 2.31. The maximum atomic E-state index is 12.0. The first-order valence-electron chi connectivity index (χ1n) is 5.37. The minimum atomic E-state index is -4.73. The van der Waals surface area contributed by atoms with Crippen LogP contribution in [0.25, 0.3) is 0 Å². The molecule has 20 heavy (non-hydrogen) atoms. The molecule has 1 heterocycles. The second kappa shape index (κ2) is 5.24. The number of hydrogen-bond acceptors (Lipinski definition) is 4. The minimum absolute atomic E-state index is 0.215. The van der Waals surface area contributed by atoms with Gasteiger partial charge in [-0.2, -0.15) is 0 Å². The molecule has 1 N–H and O–H groups in total. The molecule has 2 rings (SSSR count). The number of aromatic nitrogens is 1. The molecule has 1 aromatic heterocycles. The van der Waals surface area contributed by atoms with Gasteiger partial charge in [-0.25, -0.2) is 4.79 Å². The third-order valence-electron chi connectivity index (χ3n) is 2.31. The van der Waals surface area contributed by atoms with Crippen molar-refractivity contribution in [2.24, 2.45) is 0 Å². The number of rotatable bonds is 4. The Morgan fingerprint density at radius 1 is 1.30 bits per heavy atom. The van der Waals surface area contributed by atoms with Crippen molar-refractivity contribution in [1.29, 1.82) is 0 Å². The molecule has 0 bridgehead atoms. The predicted octanol–water partition coefficient (Wildman–Crippen LogP) is 2.86. The van der Waals surface area contributed by atoms with Crippen molar-refractivity contribution in [1.82, 2.24) is 5.16 Å². The number of ether oxygens (including phenoxy) is 1. The molecule has 1 aromatic carbocycles. The SMILES string of the molecule is O=C(O)c1cc(Cc2ccc(OC(F)(F)F)cc2)on1. The lowest BCUT2D eigenvalue weighted by atomic mass is 10.1. The average molecular weight is 287 g/mol. The molecule has 2 aromatic rings. The number of hydrogen-bond donors (Lipinski definition) is 1. The van der Waals surface area contributed by atoms with Crippen molar-refractivity contribution in [3.8, 4) is 5.75 Å². The molecule has 0 saturated heterocycles. The van der Waals surface area contributed by atoms with Gasteiger partial charge in [0.1, 0.15) is 11.5 Å². The van der Waals surface area contributed by atoms with Crippen molar-refractivity contribution in [2.45, 2.75) is 12.8 Å². The van der Waals surface area contributed by atoms with E-state index in [0.717, 1.165) is 12.1 Å². The lowest BCUT2D eigenvalue weighted by Crippen LogP contribution is -2.17. The summed E-state index contributed by atoms with van der Waals surface area (Å²) in [5.41, 5.74) is 0.407. The van der Waals surface area contributed by atoms with Crippen LogP contribution in [0, 0.1) is 0 Å². The fourth-order valence-corrected chi connectivity index (χ4v) is 1.51. The van der Waals surface area contributed by atoms with E-state index in [4.69, 9.17) is 9.63 Å². The zero-order valence-corrected chi connectivity index (χ0v) is 9.85. The van der Waals surface area contributed by atoms with E-state index in [1.807, 2.05) is 0 Å². The van der Waals surface area contributed by atoms with E-state index in [1.165, 1.54) is 18.2 Å². The highest BCUT2D eigenvalue weighted by Gasteiger charge is 2.30. The molecule has 0 radical (unpaired) electrons. The van der Waals surface area contributed by atoms with Gasteiger partial charge in [0.05, 0.1) is 0 Å². The van der Waals surface area contributed by atoms with Gasteiger partial charge in [0.15, 0.2) is 5.69 Å². The number of nitrogens with zero attached hydrogens (tertiary/aromatic N) is 1. The van der Waals surface area contributed by atoms with E-state index in [2.05, 4.69) is 9.89 Å². The summed E-state index contributed by atoms with van der Waals surface area (Å²) in [7, 11) is 0. The number of aromatic carboxylic acids is 1. The van der Waals surface area contributed by atoms with Crippen LogP contribution in [0.3, 0.4) is 0 Å². The van der Waals surface area contributed by atoms with Gasteiger partial charge in [-0.1, -0.05) is 17.3 Å². The Balaban J connectivity index is 2.04. The van der Waals surface area contributed by atoms with Gasteiger partial charge >= 0.3 is 12.3 Å². The van der Waals surface area contributed by atoms with Gasteiger partial charge in [-0.3, -0.25) is 0 Å². The van der Waals surface area contributed by atoms with Crippen molar-refractivity contribution in [2.75, 3.05) is 0 Å². The second-order valence-corrected chi connectivity index (χ2v) is 3.85. The number of carboxylic acid groups (broad SMARTS) is 1. The van der Waals surface area contributed by atoms with Crippen LogP contribution in [0.5, 0.6) is 5.75 Å². The lowest BCUT2D eigenvalue weighted by molar-refractivity contribution is -0.274. The van der Waals surface area contributed by atoms with E-state index < -0.39 is 12.3 Å². The fourth-order valence-electron chi connectivity index (χ4n) is 1.51. The standard InChI is InChI=1S/C12H8F3NO4/c13-12(14,15)19-8-3-1-7(2-4-8)5-9-6-10(11(17)18)16-20-9/h1-4,6H,5H2,(H,17,18). The van der Waals surface area contributed by atoms with Gasteiger partial charge in [0.25, 0.3) is 0 Å². The maximum Gasteiger partial charge on any atom is 0.573 e. The first-order valence-corrected chi connectivity index (χ1v) is 5.37. The molecule has 0 saturated carbocycles. The maximum absolute atomic E-state index is 12.0. The monoisotopic (exact) mass is 287 g/mol. The zero-order chi connectivity index (χ0) is 14.8. The van der Waals surface area contributed by atoms with Gasteiger partial charge in [-0.15, -0.1) is 13.2 Å². The molecule has 106 valence electrons. The van der Waals surface area contributed by atoms with Crippen LogP contribution in [0.4, 0.5) is 13.2 Å². The number of carboxylic acids is 1. The van der Waals surface area contributed by atoms with E-state index in [9.17, 15) is 18.0 Å². The topological polar surface area (TPSA) is 72.6 Å². The van der Waals surface area contributed by atoms with Crippen molar-refractivity contribution < 1.29 is 32.3 Å². The largest absolute Gasteiger partial charge is 0.573 e. The molecule has 0 atom stereocenters.